The zero-order valence-electron chi connectivity index (χ0n) is 11.7. The molecule has 0 atom stereocenters. The third-order valence-electron chi connectivity index (χ3n) is 1.21. The Morgan fingerprint density at radius 2 is 1.20 bits per heavy atom. The highest BCUT2D eigenvalue weighted by atomic mass is 32.3. The molecular weight excluding hydrogens is 332 g/mol. The molecular formula is C9H20O8S3. The van der Waals surface area contributed by atoms with Crippen LogP contribution in [0.3, 0.4) is 0 Å². The van der Waals surface area contributed by atoms with Gasteiger partial charge in [-0.15, -0.1) is 0 Å². The molecule has 3 N–H and O–H groups in total. The third kappa shape index (κ3) is 26.1. The number of hydrogen-bond acceptors (Lipinski definition) is 7. The maximum absolute atomic E-state index is 10.5. The summed E-state index contributed by atoms with van der Waals surface area (Å²) in [7, 11) is -3.32. The fourth-order valence-electron chi connectivity index (χ4n) is 0.250. The molecule has 0 aromatic rings. The summed E-state index contributed by atoms with van der Waals surface area (Å²) in [5.41, 5.74) is 0. The van der Waals surface area contributed by atoms with Crippen LogP contribution in [0.25, 0.3) is 0 Å². The molecule has 11 heteroatoms. The van der Waals surface area contributed by atoms with E-state index in [1.807, 2.05) is 0 Å². The van der Waals surface area contributed by atoms with Crippen LogP contribution in [0.4, 0.5) is 0 Å². The first-order valence-electron chi connectivity index (χ1n) is 4.89. The molecule has 0 aromatic heterocycles. The molecule has 0 aromatic carbocycles. The van der Waals surface area contributed by atoms with Gasteiger partial charge in [0.15, 0.2) is 0 Å². The first-order chi connectivity index (χ1) is 8.42. The van der Waals surface area contributed by atoms with Crippen molar-refractivity contribution in [3.8, 4) is 0 Å². The minimum absolute atomic E-state index is 0.305. The average molecular weight is 352 g/mol. The minimum atomic E-state index is -4.67. The summed E-state index contributed by atoms with van der Waals surface area (Å²) in [4.78, 5) is 20.5. The van der Waals surface area contributed by atoms with Crippen LogP contribution in [0, 0.1) is 0 Å². The first kappa shape index (κ1) is 24.5. The van der Waals surface area contributed by atoms with Gasteiger partial charge in [-0.2, -0.15) is 33.7 Å². The Morgan fingerprint density at radius 1 is 1.00 bits per heavy atom. The number of esters is 1. The number of carboxylic acid groups (broad SMARTS) is 1. The summed E-state index contributed by atoms with van der Waals surface area (Å²) in [6, 6.07) is 0. The van der Waals surface area contributed by atoms with Gasteiger partial charge < -0.3 is 9.84 Å². The molecule has 0 bridgehead atoms. The van der Waals surface area contributed by atoms with Crippen molar-refractivity contribution >= 4 is 47.6 Å². The molecule has 0 saturated heterocycles. The Bertz CT molecular complexity index is 394. The highest BCUT2D eigenvalue weighted by Gasteiger charge is 2.22. The summed E-state index contributed by atoms with van der Waals surface area (Å²) in [6.45, 7) is 6.42. The molecule has 8 nitrogen and oxygen atoms in total. The van der Waals surface area contributed by atoms with Crippen LogP contribution in [0.15, 0.2) is 0 Å². The number of ether oxygens (including phenoxy) is 1. The van der Waals surface area contributed by atoms with Gasteiger partial charge in [-0.05, 0) is 27.7 Å². The summed E-state index contributed by atoms with van der Waals surface area (Å²) in [6.07, 6.45) is 0. The lowest BCUT2D eigenvalue weighted by Gasteiger charge is -2.12. The van der Waals surface area contributed by atoms with E-state index >= 15 is 0 Å². The van der Waals surface area contributed by atoms with Gasteiger partial charge in [-0.25, -0.2) is 0 Å². The van der Waals surface area contributed by atoms with Gasteiger partial charge in [0.25, 0.3) is 0 Å². The lowest BCUT2D eigenvalue weighted by Crippen LogP contribution is -2.25. The minimum Gasteiger partial charge on any atom is -0.480 e. The molecule has 0 unspecified atom stereocenters. The van der Waals surface area contributed by atoms with Crippen molar-refractivity contribution in [1.29, 1.82) is 0 Å². The largest absolute Gasteiger partial charge is 0.480 e. The summed E-state index contributed by atoms with van der Waals surface area (Å²) in [5, 5.41) is 8.17. The van der Waals surface area contributed by atoms with Gasteiger partial charge >= 0.3 is 22.3 Å². The van der Waals surface area contributed by atoms with Gasteiger partial charge in [-0.1, -0.05) is 0 Å². The third-order valence-corrected chi connectivity index (χ3v) is 1.58. The fourth-order valence-corrected chi connectivity index (χ4v) is 0.341. The molecule has 0 spiro atoms. The lowest BCUT2D eigenvalue weighted by atomic mass is 10.2. The molecule has 0 fully saturated rings. The van der Waals surface area contributed by atoms with Gasteiger partial charge in [0.1, 0.15) is 9.49 Å². The van der Waals surface area contributed by atoms with Crippen molar-refractivity contribution in [2.75, 3.05) is 7.11 Å². The van der Waals surface area contributed by atoms with Crippen LogP contribution in [-0.2, 0) is 24.7 Å². The number of carbonyl (C=O) groups is 2. The molecule has 0 radical (unpaired) electrons. The van der Waals surface area contributed by atoms with Gasteiger partial charge in [-0.3, -0.25) is 18.7 Å². The number of methoxy groups -OCH3 is 1. The molecule has 0 aliphatic carbocycles. The van der Waals surface area contributed by atoms with Crippen molar-refractivity contribution in [2.24, 2.45) is 0 Å². The standard InChI is InChI=1S/C5H10O2S.C4H8O2S.H2O4S/c1-5(2,8)4(6)7-3;1-4(2,7)3(5)6;1-5(2,3)4/h8H,1-3H3;7H,1-2H3,(H,5,6);(H2,1,2,3,4). The average Bonchev–Trinajstić information content (AvgIpc) is 2.11. The number of carboxylic acids is 1. The maximum atomic E-state index is 10.5. The Kier molecular flexibility index (Phi) is 11.6. The van der Waals surface area contributed by atoms with E-state index in [1.54, 1.807) is 13.8 Å². The molecule has 0 aliphatic rings. The maximum Gasteiger partial charge on any atom is 0.394 e. The second-order valence-corrected chi connectivity index (χ2v) is 7.49. The molecule has 0 aliphatic heterocycles. The van der Waals surface area contributed by atoms with Crippen molar-refractivity contribution in [3.05, 3.63) is 0 Å². The second kappa shape index (κ2) is 9.45. The SMILES string of the molecule is CC(C)(S)C(=O)O.COC(=O)C(C)(C)S.O=S(=O)(O)O. The number of carbonyl (C=O) groups excluding carboxylic acids is 1. The zero-order chi connectivity index (χ0) is 17.4. The van der Waals surface area contributed by atoms with Crippen molar-refractivity contribution in [3.63, 3.8) is 0 Å². The van der Waals surface area contributed by atoms with Crippen molar-refractivity contribution < 1.29 is 37.0 Å². The first-order valence-corrected chi connectivity index (χ1v) is 7.18. The van der Waals surface area contributed by atoms with Crippen LogP contribution < -0.4 is 0 Å². The van der Waals surface area contributed by atoms with E-state index in [2.05, 4.69) is 30.0 Å². The molecule has 0 rings (SSSR count). The van der Waals surface area contributed by atoms with Crippen LogP contribution in [0.1, 0.15) is 27.7 Å². The van der Waals surface area contributed by atoms with E-state index in [-0.39, 0.29) is 5.97 Å². The van der Waals surface area contributed by atoms with E-state index in [9.17, 15) is 9.59 Å². The van der Waals surface area contributed by atoms with Crippen molar-refractivity contribution in [2.45, 2.75) is 37.2 Å². The molecule has 0 heterocycles. The highest BCUT2D eigenvalue weighted by Crippen LogP contribution is 2.12. The number of hydrogen-bond donors (Lipinski definition) is 5. The normalized spacial score (nSPS) is 11.2. The Morgan fingerprint density at radius 3 is 1.20 bits per heavy atom. The van der Waals surface area contributed by atoms with Crippen LogP contribution >= 0.6 is 25.3 Å². The molecule has 20 heavy (non-hydrogen) atoms. The van der Waals surface area contributed by atoms with Crippen molar-refractivity contribution in [1.82, 2.24) is 0 Å². The number of thiol groups is 2. The molecule has 122 valence electrons. The Balaban J connectivity index is -0.000000223. The molecule has 0 saturated carbocycles. The highest BCUT2D eigenvalue weighted by molar-refractivity contribution is 7.82. The Labute approximate surface area is 129 Å². The monoisotopic (exact) mass is 352 g/mol. The summed E-state index contributed by atoms with van der Waals surface area (Å²) < 4.78 is 34.4. The van der Waals surface area contributed by atoms with E-state index in [1.165, 1.54) is 21.0 Å². The molecule has 0 amide bonds. The number of rotatable bonds is 2. The second-order valence-electron chi connectivity index (χ2n) is 4.36. The lowest BCUT2D eigenvalue weighted by molar-refractivity contribution is -0.142. The zero-order valence-corrected chi connectivity index (χ0v) is 14.3. The fraction of sp³-hybridized carbons (Fsp3) is 0.778. The summed E-state index contributed by atoms with van der Waals surface area (Å²) in [5.74, 6) is -1.20. The van der Waals surface area contributed by atoms with Gasteiger partial charge in [0.05, 0.1) is 7.11 Å². The van der Waals surface area contributed by atoms with Gasteiger partial charge in [0, 0.05) is 0 Å². The number of aliphatic carboxylic acids is 1. The van der Waals surface area contributed by atoms with Crippen LogP contribution in [-0.4, -0.2) is 51.2 Å². The van der Waals surface area contributed by atoms with E-state index in [0.717, 1.165) is 0 Å². The smallest absolute Gasteiger partial charge is 0.394 e. The van der Waals surface area contributed by atoms with Crippen LogP contribution in [0.5, 0.6) is 0 Å². The van der Waals surface area contributed by atoms with E-state index in [0.29, 0.717) is 0 Å². The topological polar surface area (TPSA) is 138 Å². The van der Waals surface area contributed by atoms with Gasteiger partial charge in [0.2, 0.25) is 0 Å². The Hall–Kier alpha value is -0.490. The quantitative estimate of drug-likeness (QED) is 0.282. The van der Waals surface area contributed by atoms with Crippen LogP contribution in [0.2, 0.25) is 0 Å². The predicted octanol–water partition coefficient (Wildman–Crippen LogP) is 0.994. The van der Waals surface area contributed by atoms with E-state index in [4.69, 9.17) is 22.6 Å². The van der Waals surface area contributed by atoms with E-state index < -0.39 is 25.9 Å². The predicted molar refractivity (Wildman–Crippen MR) is 80.0 cm³/mol. The summed E-state index contributed by atoms with van der Waals surface area (Å²) >= 11 is 7.71.